The van der Waals surface area contributed by atoms with Crippen LogP contribution in [0.2, 0.25) is 0 Å². The van der Waals surface area contributed by atoms with Gasteiger partial charge in [-0.2, -0.15) is 0 Å². The number of carbonyl (C=O) groups excluding carboxylic acids is 3. The summed E-state index contributed by atoms with van der Waals surface area (Å²) in [5.41, 5.74) is 0. The van der Waals surface area contributed by atoms with Crippen molar-refractivity contribution in [1.29, 1.82) is 0 Å². The number of carbonyl (C=O) groups is 3. The normalized spacial score (nSPS) is 13.0. The van der Waals surface area contributed by atoms with E-state index in [1.807, 2.05) is 0 Å². The average Bonchev–Trinajstić information content (AvgIpc) is 3.29. The fourth-order valence-corrected chi connectivity index (χ4v) is 6.68. The SMILES string of the molecule is CC/C=C\C/C=C\C/C=C\C/C=C\CCCCCCCCC(=O)OCC(COC(=O)CCC/C=C\C/C=C\C/C=C\CC)OC(=O)CCCCC/C=C\C=C/CCCCCCCCC. The van der Waals surface area contributed by atoms with Gasteiger partial charge in [0.1, 0.15) is 13.2 Å². The number of ether oxygens (including phenoxy) is 3. The highest BCUT2D eigenvalue weighted by atomic mass is 16.6. The van der Waals surface area contributed by atoms with E-state index in [0.29, 0.717) is 12.8 Å². The van der Waals surface area contributed by atoms with E-state index in [2.05, 4.69) is 130 Å². The van der Waals surface area contributed by atoms with Gasteiger partial charge in [0, 0.05) is 19.3 Å². The zero-order chi connectivity index (χ0) is 46.5. The Bertz CT molecular complexity index is 1340. The molecule has 64 heavy (non-hydrogen) atoms. The maximum atomic E-state index is 12.8. The van der Waals surface area contributed by atoms with Crippen LogP contribution >= 0.6 is 0 Å². The Balaban J connectivity index is 4.48. The largest absolute Gasteiger partial charge is 0.462 e. The van der Waals surface area contributed by atoms with Gasteiger partial charge in [-0.15, -0.1) is 0 Å². The van der Waals surface area contributed by atoms with Crippen LogP contribution in [-0.4, -0.2) is 37.2 Å². The lowest BCUT2D eigenvalue weighted by Gasteiger charge is -2.18. The lowest BCUT2D eigenvalue weighted by atomic mass is 10.1. The van der Waals surface area contributed by atoms with Crippen LogP contribution in [0, 0.1) is 0 Å². The van der Waals surface area contributed by atoms with Gasteiger partial charge in [-0.3, -0.25) is 14.4 Å². The van der Waals surface area contributed by atoms with Gasteiger partial charge >= 0.3 is 17.9 Å². The van der Waals surface area contributed by atoms with Crippen molar-refractivity contribution in [2.75, 3.05) is 13.2 Å². The van der Waals surface area contributed by atoms with E-state index in [9.17, 15) is 14.4 Å². The van der Waals surface area contributed by atoms with Gasteiger partial charge in [-0.1, -0.05) is 201 Å². The Kier molecular flexibility index (Phi) is 48.5. The molecule has 6 nitrogen and oxygen atoms in total. The van der Waals surface area contributed by atoms with Crippen molar-refractivity contribution in [3.63, 3.8) is 0 Å². The van der Waals surface area contributed by atoms with Gasteiger partial charge in [0.15, 0.2) is 6.10 Å². The van der Waals surface area contributed by atoms with Crippen LogP contribution in [0.5, 0.6) is 0 Å². The monoisotopic (exact) mass is 887 g/mol. The summed E-state index contributed by atoms with van der Waals surface area (Å²) in [6.07, 6.45) is 69.4. The van der Waals surface area contributed by atoms with E-state index < -0.39 is 6.10 Å². The van der Waals surface area contributed by atoms with Crippen molar-refractivity contribution in [2.45, 2.75) is 226 Å². The minimum absolute atomic E-state index is 0.114. The van der Waals surface area contributed by atoms with E-state index in [0.717, 1.165) is 116 Å². The first-order valence-electron chi connectivity index (χ1n) is 25.9. The molecule has 1 atom stereocenters. The highest BCUT2D eigenvalue weighted by Gasteiger charge is 2.19. The molecule has 0 spiro atoms. The van der Waals surface area contributed by atoms with Crippen LogP contribution in [0.4, 0.5) is 0 Å². The van der Waals surface area contributed by atoms with Crippen molar-refractivity contribution in [3.8, 4) is 0 Å². The van der Waals surface area contributed by atoms with Crippen LogP contribution in [0.1, 0.15) is 220 Å². The molecule has 1 unspecified atom stereocenters. The van der Waals surface area contributed by atoms with Crippen LogP contribution in [0.25, 0.3) is 0 Å². The lowest BCUT2D eigenvalue weighted by molar-refractivity contribution is -0.167. The third-order valence-corrected chi connectivity index (χ3v) is 10.5. The van der Waals surface area contributed by atoms with Crippen molar-refractivity contribution in [2.24, 2.45) is 0 Å². The minimum Gasteiger partial charge on any atom is -0.462 e. The maximum Gasteiger partial charge on any atom is 0.306 e. The number of esters is 3. The summed E-state index contributed by atoms with van der Waals surface area (Å²) in [6.45, 7) is 6.30. The quantitative estimate of drug-likeness (QED) is 0.0199. The highest BCUT2D eigenvalue weighted by Crippen LogP contribution is 2.12. The Labute approximate surface area is 393 Å². The first kappa shape index (κ1) is 60.1. The lowest BCUT2D eigenvalue weighted by Crippen LogP contribution is -2.30. The van der Waals surface area contributed by atoms with Crippen LogP contribution < -0.4 is 0 Å². The second-order valence-corrected chi connectivity index (χ2v) is 16.7. The van der Waals surface area contributed by atoms with Crippen molar-refractivity contribution < 1.29 is 28.6 Å². The fraction of sp³-hybridized carbons (Fsp3) is 0.638. The van der Waals surface area contributed by atoms with E-state index in [-0.39, 0.29) is 44.0 Å². The molecular weight excluding hydrogens is 793 g/mol. The molecule has 0 aliphatic carbocycles. The molecule has 0 saturated heterocycles. The standard InChI is InChI=1S/C58H94O6/c1-4-7-10-13-16-19-22-24-26-28-29-30-32-33-36-39-42-45-48-51-57(60)63-54-55(53-62-56(59)50-47-44-41-38-35-21-18-15-12-9-6-3)64-58(61)52-49-46-43-40-37-34-31-27-25-23-20-17-14-11-8-5-2/h7,9-10,12,16,18-19,21,24,26-27,29-31,34,37-38,41,55H,4-6,8,11,13-15,17,20,22-23,25,28,32-33,35-36,39-40,42-54H2,1-3H3/b10-7-,12-9-,19-16-,21-18-,26-24-,30-29-,31-27-,37-34-,41-38-. The second kappa shape index (κ2) is 51.7. The third kappa shape index (κ3) is 49.1. The molecule has 0 saturated carbocycles. The second-order valence-electron chi connectivity index (χ2n) is 16.7. The van der Waals surface area contributed by atoms with Crippen molar-refractivity contribution in [3.05, 3.63) is 109 Å². The minimum atomic E-state index is -0.819. The molecular formula is C58H94O6. The number of hydrogen-bond acceptors (Lipinski definition) is 6. The fourth-order valence-electron chi connectivity index (χ4n) is 6.68. The number of allylic oxidation sites excluding steroid dienone is 18. The number of rotatable bonds is 45. The van der Waals surface area contributed by atoms with Crippen LogP contribution in [0.3, 0.4) is 0 Å². The molecule has 0 rings (SSSR count). The predicted octanol–water partition coefficient (Wildman–Crippen LogP) is 17.1. The third-order valence-electron chi connectivity index (χ3n) is 10.5. The summed E-state index contributed by atoms with van der Waals surface area (Å²) in [7, 11) is 0. The summed E-state index contributed by atoms with van der Waals surface area (Å²) in [4.78, 5) is 37.9. The molecule has 0 aromatic carbocycles. The molecule has 0 aliphatic heterocycles. The van der Waals surface area contributed by atoms with Gasteiger partial charge in [0.05, 0.1) is 0 Å². The topological polar surface area (TPSA) is 78.9 Å². The van der Waals surface area contributed by atoms with Gasteiger partial charge in [0.2, 0.25) is 0 Å². The number of unbranched alkanes of at least 4 members (excludes halogenated alkanes) is 17. The Morgan fingerprint density at radius 1 is 0.344 bits per heavy atom. The van der Waals surface area contributed by atoms with Gasteiger partial charge < -0.3 is 14.2 Å². The van der Waals surface area contributed by atoms with Crippen molar-refractivity contribution >= 4 is 17.9 Å². The first-order chi connectivity index (χ1) is 31.5. The summed E-state index contributed by atoms with van der Waals surface area (Å²) < 4.78 is 16.7. The molecule has 0 bridgehead atoms. The van der Waals surface area contributed by atoms with E-state index in [4.69, 9.17) is 14.2 Å². The van der Waals surface area contributed by atoms with Crippen molar-refractivity contribution in [1.82, 2.24) is 0 Å². The Morgan fingerprint density at radius 3 is 1.12 bits per heavy atom. The molecule has 0 N–H and O–H groups in total. The molecule has 0 amide bonds. The molecule has 0 radical (unpaired) electrons. The number of hydrogen-bond donors (Lipinski definition) is 0. The Morgan fingerprint density at radius 2 is 0.672 bits per heavy atom. The molecule has 362 valence electrons. The summed E-state index contributed by atoms with van der Waals surface area (Å²) >= 11 is 0. The average molecular weight is 887 g/mol. The molecule has 0 aromatic rings. The highest BCUT2D eigenvalue weighted by molar-refractivity contribution is 5.71. The van der Waals surface area contributed by atoms with Crippen LogP contribution in [0.15, 0.2) is 109 Å². The maximum absolute atomic E-state index is 12.8. The van der Waals surface area contributed by atoms with Crippen LogP contribution in [-0.2, 0) is 28.6 Å². The van der Waals surface area contributed by atoms with Gasteiger partial charge in [-0.05, 0) is 109 Å². The first-order valence-corrected chi connectivity index (χ1v) is 25.9. The molecule has 6 heteroatoms. The summed E-state index contributed by atoms with van der Waals surface area (Å²) in [5, 5.41) is 0. The van der Waals surface area contributed by atoms with E-state index >= 15 is 0 Å². The van der Waals surface area contributed by atoms with E-state index in [1.54, 1.807) is 0 Å². The molecule has 0 aliphatic rings. The molecule has 0 fully saturated rings. The van der Waals surface area contributed by atoms with Gasteiger partial charge in [-0.25, -0.2) is 0 Å². The summed E-state index contributed by atoms with van der Waals surface area (Å²) in [6, 6.07) is 0. The molecule has 0 heterocycles. The predicted molar refractivity (Wildman–Crippen MR) is 274 cm³/mol. The molecule has 0 aromatic heterocycles. The summed E-state index contributed by atoms with van der Waals surface area (Å²) in [5.74, 6) is -1.02. The van der Waals surface area contributed by atoms with Gasteiger partial charge in [0.25, 0.3) is 0 Å². The van der Waals surface area contributed by atoms with E-state index in [1.165, 1.54) is 57.8 Å². The zero-order valence-electron chi connectivity index (χ0n) is 41.3. The smallest absolute Gasteiger partial charge is 0.306 e. The Hall–Kier alpha value is -3.93. The zero-order valence-corrected chi connectivity index (χ0v) is 41.3.